The number of hydrogen-bond donors (Lipinski definition) is 2. The number of carbonyl (C=O) groups is 1. The van der Waals surface area contributed by atoms with Gasteiger partial charge in [0.25, 0.3) is 0 Å². The van der Waals surface area contributed by atoms with Gasteiger partial charge in [0.15, 0.2) is 0 Å². The highest BCUT2D eigenvalue weighted by Gasteiger charge is 2.24. The molecule has 1 aliphatic rings. The van der Waals surface area contributed by atoms with E-state index in [4.69, 9.17) is 0 Å². The molecule has 0 heterocycles. The van der Waals surface area contributed by atoms with Crippen LogP contribution in [0.5, 0.6) is 0 Å². The predicted octanol–water partition coefficient (Wildman–Crippen LogP) is 3.93. The first-order valence-electron chi connectivity index (χ1n) is 7.06. The molecule has 1 aliphatic carbocycles. The molecular weight excluding hydrogens is 238 g/mol. The first-order valence-corrected chi connectivity index (χ1v) is 7.06. The molecule has 0 amide bonds. The molecule has 1 aromatic rings. The number of carboxylic acids is 1. The Hall–Kier alpha value is -1.51. The smallest absolute Gasteiger partial charge is 0.337 e. The third kappa shape index (κ3) is 3.49. The van der Waals surface area contributed by atoms with E-state index in [2.05, 4.69) is 19.2 Å². The van der Waals surface area contributed by atoms with Gasteiger partial charge in [-0.3, -0.25) is 0 Å². The molecule has 2 rings (SSSR count). The number of rotatable bonds is 3. The fourth-order valence-corrected chi connectivity index (χ4v) is 3.25. The minimum absolute atomic E-state index is 0.380. The normalized spacial score (nSPS) is 27.0. The number of anilines is 1. The topological polar surface area (TPSA) is 49.3 Å². The van der Waals surface area contributed by atoms with Gasteiger partial charge in [-0.15, -0.1) is 0 Å². The summed E-state index contributed by atoms with van der Waals surface area (Å²) in [5.41, 5.74) is 2.11. The van der Waals surface area contributed by atoms with Crippen LogP contribution in [0.2, 0.25) is 0 Å². The monoisotopic (exact) mass is 261 g/mol. The number of aromatic carboxylic acids is 1. The number of nitrogens with one attached hydrogen (secondary N) is 1. The summed E-state index contributed by atoms with van der Waals surface area (Å²) < 4.78 is 0. The highest BCUT2D eigenvalue weighted by molar-refractivity contribution is 5.94. The molecule has 19 heavy (non-hydrogen) atoms. The Labute approximate surface area is 115 Å². The van der Waals surface area contributed by atoms with Crippen LogP contribution in [0, 0.1) is 18.8 Å². The first-order chi connectivity index (χ1) is 8.95. The van der Waals surface area contributed by atoms with Crippen LogP contribution in [-0.4, -0.2) is 17.1 Å². The molecular formula is C16H23NO2. The molecule has 1 aromatic carbocycles. The van der Waals surface area contributed by atoms with Crippen LogP contribution in [0.15, 0.2) is 18.2 Å². The van der Waals surface area contributed by atoms with Crippen molar-refractivity contribution >= 4 is 11.7 Å². The van der Waals surface area contributed by atoms with E-state index in [0.717, 1.165) is 24.1 Å². The van der Waals surface area contributed by atoms with Gasteiger partial charge in [-0.25, -0.2) is 4.79 Å². The van der Waals surface area contributed by atoms with Crippen LogP contribution >= 0.6 is 0 Å². The molecule has 0 aliphatic heterocycles. The van der Waals surface area contributed by atoms with Crippen molar-refractivity contribution in [1.82, 2.24) is 0 Å². The van der Waals surface area contributed by atoms with Gasteiger partial charge in [0.05, 0.1) is 5.56 Å². The maximum absolute atomic E-state index is 11.3. The van der Waals surface area contributed by atoms with E-state index in [9.17, 15) is 9.90 Å². The molecule has 2 N–H and O–H groups in total. The zero-order chi connectivity index (χ0) is 14.0. The lowest BCUT2D eigenvalue weighted by Gasteiger charge is -2.33. The quantitative estimate of drug-likeness (QED) is 0.866. The Morgan fingerprint density at radius 2 is 1.84 bits per heavy atom. The highest BCUT2D eigenvalue weighted by atomic mass is 16.4. The predicted molar refractivity (Wildman–Crippen MR) is 77.7 cm³/mol. The summed E-state index contributed by atoms with van der Waals surface area (Å²) in [7, 11) is 0. The first kappa shape index (κ1) is 13.9. The summed E-state index contributed by atoms with van der Waals surface area (Å²) >= 11 is 0. The van der Waals surface area contributed by atoms with Crippen LogP contribution in [0.25, 0.3) is 0 Å². The van der Waals surface area contributed by atoms with Crippen molar-refractivity contribution in [2.45, 2.75) is 46.1 Å². The molecule has 1 saturated carbocycles. The molecule has 2 unspecified atom stereocenters. The van der Waals surface area contributed by atoms with E-state index in [1.165, 1.54) is 6.42 Å². The molecule has 104 valence electrons. The SMILES string of the molecule is Cc1ccc(NC2CC(C)CC(C)C2)c(C(=O)O)c1. The second-order valence-electron chi connectivity index (χ2n) is 6.11. The summed E-state index contributed by atoms with van der Waals surface area (Å²) in [4.78, 5) is 11.3. The van der Waals surface area contributed by atoms with Crippen LogP contribution in [0.3, 0.4) is 0 Å². The lowest BCUT2D eigenvalue weighted by molar-refractivity contribution is 0.0697. The van der Waals surface area contributed by atoms with Gasteiger partial charge < -0.3 is 10.4 Å². The third-order valence-electron chi connectivity index (χ3n) is 3.94. The fraction of sp³-hybridized carbons (Fsp3) is 0.562. The van der Waals surface area contributed by atoms with Crippen molar-refractivity contribution in [3.05, 3.63) is 29.3 Å². The summed E-state index contributed by atoms with van der Waals surface area (Å²) in [6, 6.07) is 5.98. The van der Waals surface area contributed by atoms with Gasteiger partial charge in [-0.1, -0.05) is 25.5 Å². The average Bonchev–Trinajstić information content (AvgIpc) is 2.30. The van der Waals surface area contributed by atoms with Gasteiger partial charge in [0.1, 0.15) is 0 Å². The maximum atomic E-state index is 11.3. The maximum Gasteiger partial charge on any atom is 0.337 e. The van der Waals surface area contributed by atoms with Crippen molar-refractivity contribution in [1.29, 1.82) is 0 Å². The summed E-state index contributed by atoms with van der Waals surface area (Å²) in [5.74, 6) is 0.558. The number of benzene rings is 1. The largest absolute Gasteiger partial charge is 0.478 e. The molecule has 2 atom stereocenters. The Bertz CT molecular complexity index is 460. The van der Waals surface area contributed by atoms with Gasteiger partial charge >= 0.3 is 5.97 Å². The summed E-state index contributed by atoms with van der Waals surface area (Å²) in [5, 5.41) is 12.7. The van der Waals surface area contributed by atoms with Gasteiger partial charge in [0.2, 0.25) is 0 Å². The van der Waals surface area contributed by atoms with E-state index in [1.54, 1.807) is 6.07 Å². The van der Waals surface area contributed by atoms with Crippen molar-refractivity contribution < 1.29 is 9.90 Å². The minimum Gasteiger partial charge on any atom is -0.478 e. The van der Waals surface area contributed by atoms with E-state index < -0.39 is 5.97 Å². The molecule has 1 fully saturated rings. The van der Waals surface area contributed by atoms with Crippen LogP contribution in [-0.2, 0) is 0 Å². The van der Waals surface area contributed by atoms with Gasteiger partial charge in [-0.05, 0) is 50.2 Å². The van der Waals surface area contributed by atoms with Crippen molar-refractivity contribution in [2.75, 3.05) is 5.32 Å². The van der Waals surface area contributed by atoms with Crippen molar-refractivity contribution in [3.63, 3.8) is 0 Å². The molecule has 0 bridgehead atoms. The summed E-state index contributed by atoms with van der Waals surface area (Å²) in [6.07, 6.45) is 3.52. The van der Waals surface area contributed by atoms with E-state index in [1.807, 2.05) is 19.1 Å². The molecule has 0 aromatic heterocycles. The molecule has 3 heteroatoms. The molecule has 0 saturated heterocycles. The Morgan fingerprint density at radius 1 is 1.21 bits per heavy atom. The van der Waals surface area contributed by atoms with E-state index >= 15 is 0 Å². The molecule has 0 spiro atoms. The van der Waals surface area contributed by atoms with Crippen LogP contribution in [0.4, 0.5) is 5.69 Å². The van der Waals surface area contributed by atoms with Crippen LogP contribution < -0.4 is 5.32 Å². The van der Waals surface area contributed by atoms with E-state index in [0.29, 0.717) is 23.4 Å². The second kappa shape index (κ2) is 5.64. The number of aryl methyl sites for hydroxylation is 1. The highest BCUT2D eigenvalue weighted by Crippen LogP contribution is 2.31. The molecule has 0 radical (unpaired) electrons. The number of carboxylic acid groups (broad SMARTS) is 1. The lowest BCUT2D eigenvalue weighted by Crippen LogP contribution is -2.30. The van der Waals surface area contributed by atoms with Gasteiger partial charge in [0, 0.05) is 11.7 Å². The zero-order valence-electron chi connectivity index (χ0n) is 11.9. The summed E-state index contributed by atoms with van der Waals surface area (Å²) in [6.45, 7) is 6.47. The Balaban J connectivity index is 2.16. The Kier molecular flexibility index (Phi) is 4.13. The molecule has 3 nitrogen and oxygen atoms in total. The lowest BCUT2D eigenvalue weighted by atomic mass is 9.80. The van der Waals surface area contributed by atoms with Crippen molar-refractivity contribution in [3.8, 4) is 0 Å². The number of hydrogen-bond acceptors (Lipinski definition) is 2. The fourth-order valence-electron chi connectivity index (χ4n) is 3.25. The van der Waals surface area contributed by atoms with Crippen LogP contribution in [0.1, 0.15) is 49.0 Å². The van der Waals surface area contributed by atoms with E-state index in [-0.39, 0.29) is 0 Å². The van der Waals surface area contributed by atoms with Crippen molar-refractivity contribution in [2.24, 2.45) is 11.8 Å². The third-order valence-corrected chi connectivity index (χ3v) is 3.94. The van der Waals surface area contributed by atoms with Gasteiger partial charge in [-0.2, -0.15) is 0 Å². The standard InChI is InChI=1S/C16H23NO2/c1-10-4-5-15(14(9-10)16(18)19)17-13-7-11(2)6-12(3)8-13/h4-5,9,11-13,17H,6-8H2,1-3H3,(H,18,19). The minimum atomic E-state index is -0.858. The second-order valence-corrected chi connectivity index (χ2v) is 6.11. The zero-order valence-corrected chi connectivity index (χ0v) is 11.9. The average molecular weight is 261 g/mol. The Morgan fingerprint density at radius 3 is 2.42 bits per heavy atom.